The number of halogens is 1. The molecule has 0 aromatic carbocycles. The fraction of sp³-hybridized carbons (Fsp3) is 0.833. The van der Waals surface area contributed by atoms with Crippen LogP contribution in [0.2, 0.25) is 0 Å². The van der Waals surface area contributed by atoms with Crippen molar-refractivity contribution in [3.8, 4) is 0 Å². The molecule has 17 heavy (non-hydrogen) atoms. The van der Waals surface area contributed by atoms with Gasteiger partial charge in [-0.15, -0.1) is 0 Å². The molecule has 2 aliphatic rings. The summed E-state index contributed by atoms with van der Waals surface area (Å²) in [7, 11) is 0. The molecular formula is C12H19BrN2O2. The summed E-state index contributed by atoms with van der Waals surface area (Å²) in [5, 5.41) is 0. The summed E-state index contributed by atoms with van der Waals surface area (Å²) < 4.78 is 0. The van der Waals surface area contributed by atoms with Gasteiger partial charge in [-0.2, -0.15) is 0 Å². The lowest BCUT2D eigenvalue weighted by atomic mass is 10.1. The number of likely N-dealkylation sites (tertiary alicyclic amines) is 2. The average Bonchev–Trinajstić information content (AvgIpc) is 2.69. The number of rotatable bonds is 2. The lowest BCUT2D eigenvalue weighted by Gasteiger charge is -2.32. The third-order valence-corrected chi connectivity index (χ3v) is 4.52. The van der Waals surface area contributed by atoms with Gasteiger partial charge in [-0.3, -0.25) is 9.59 Å². The topological polar surface area (TPSA) is 40.6 Å². The molecule has 0 radical (unpaired) electrons. The first-order valence-corrected chi connectivity index (χ1v) is 7.26. The molecule has 0 aromatic rings. The summed E-state index contributed by atoms with van der Waals surface area (Å²) in [5.74, 6) is 0.169. The molecule has 2 unspecified atom stereocenters. The van der Waals surface area contributed by atoms with Gasteiger partial charge < -0.3 is 9.80 Å². The van der Waals surface area contributed by atoms with Crippen LogP contribution < -0.4 is 0 Å². The third-order valence-electron chi connectivity index (χ3n) is 3.67. The molecule has 0 N–H and O–H groups in total. The molecule has 5 heteroatoms. The van der Waals surface area contributed by atoms with Crippen LogP contribution in [0.25, 0.3) is 0 Å². The normalized spacial score (nSPS) is 27.4. The monoisotopic (exact) mass is 302 g/mol. The van der Waals surface area contributed by atoms with Crippen molar-refractivity contribution < 1.29 is 9.59 Å². The second-order valence-corrected chi connectivity index (χ2v) is 5.96. The Kier molecular flexibility index (Phi) is 4.07. The van der Waals surface area contributed by atoms with Gasteiger partial charge in [-0.25, -0.2) is 0 Å². The summed E-state index contributed by atoms with van der Waals surface area (Å²) in [6.45, 7) is 4.24. The van der Waals surface area contributed by atoms with Gasteiger partial charge in [-0.05, 0) is 32.6 Å². The van der Waals surface area contributed by atoms with Gasteiger partial charge in [0.2, 0.25) is 11.8 Å². The molecule has 2 amide bonds. The Balaban J connectivity index is 1.97. The van der Waals surface area contributed by atoms with Gasteiger partial charge >= 0.3 is 0 Å². The molecule has 2 atom stereocenters. The van der Waals surface area contributed by atoms with Gasteiger partial charge in [0.15, 0.2) is 0 Å². The van der Waals surface area contributed by atoms with Crippen LogP contribution in [-0.2, 0) is 9.59 Å². The molecule has 0 spiro atoms. The van der Waals surface area contributed by atoms with Gasteiger partial charge in [0.25, 0.3) is 0 Å². The molecular weight excluding hydrogens is 284 g/mol. The molecule has 2 fully saturated rings. The zero-order chi connectivity index (χ0) is 12.4. The first-order valence-electron chi connectivity index (χ1n) is 6.34. The van der Waals surface area contributed by atoms with E-state index in [0.717, 1.165) is 32.4 Å². The molecule has 0 bridgehead atoms. The Morgan fingerprint density at radius 1 is 1.29 bits per heavy atom. The van der Waals surface area contributed by atoms with Crippen LogP contribution in [0.1, 0.15) is 32.6 Å². The van der Waals surface area contributed by atoms with Crippen molar-refractivity contribution >= 4 is 27.7 Å². The standard InChI is InChI=1S/C12H19BrN2O2/c1-9(15-8-5-10(13)12(15)17)11(16)14-6-3-2-4-7-14/h9-10H,2-8H2,1H3. The number of carbonyl (C=O) groups excluding carboxylic acids is 2. The average molecular weight is 303 g/mol. The van der Waals surface area contributed by atoms with Crippen molar-refractivity contribution in [3.63, 3.8) is 0 Å². The van der Waals surface area contributed by atoms with E-state index in [9.17, 15) is 9.59 Å². The van der Waals surface area contributed by atoms with Crippen LogP contribution >= 0.6 is 15.9 Å². The van der Waals surface area contributed by atoms with Crippen LogP contribution in [-0.4, -0.2) is 52.1 Å². The van der Waals surface area contributed by atoms with Crippen molar-refractivity contribution in [1.82, 2.24) is 9.80 Å². The number of piperidine rings is 1. The molecule has 2 aliphatic heterocycles. The predicted octanol–water partition coefficient (Wildman–Crippen LogP) is 1.38. The van der Waals surface area contributed by atoms with E-state index in [2.05, 4.69) is 15.9 Å². The molecule has 2 rings (SSSR count). The number of amides is 2. The number of hydrogen-bond donors (Lipinski definition) is 0. The van der Waals surface area contributed by atoms with Crippen LogP contribution in [0, 0.1) is 0 Å². The van der Waals surface area contributed by atoms with E-state index >= 15 is 0 Å². The molecule has 0 aromatic heterocycles. The Morgan fingerprint density at radius 2 is 1.94 bits per heavy atom. The van der Waals surface area contributed by atoms with E-state index < -0.39 is 0 Å². The third kappa shape index (κ3) is 2.64. The number of nitrogens with zero attached hydrogens (tertiary/aromatic N) is 2. The number of carbonyl (C=O) groups is 2. The Hall–Kier alpha value is -0.580. The van der Waals surface area contributed by atoms with E-state index in [-0.39, 0.29) is 22.7 Å². The van der Waals surface area contributed by atoms with Crippen LogP contribution in [0.4, 0.5) is 0 Å². The zero-order valence-corrected chi connectivity index (χ0v) is 11.8. The van der Waals surface area contributed by atoms with Crippen molar-refractivity contribution in [2.45, 2.75) is 43.5 Å². The largest absolute Gasteiger partial charge is 0.341 e. The van der Waals surface area contributed by atoms with Gasteiger partial charge in [0, 0.05) is 19.6 Å². The molecule has 96 valence electrons. The predicted molar refractivity (Wildman–Crippen MR) is 68.9 cm³/mol. The second kappa shape index (κ2) is 5.38. The van der Waals surface area contributed by atoms with E-state index in [1.54, 1.807) is 4.90 Å². The first-order chi connectivity index (χ1) is 8.11. The van der Waals surface area contributed by atoms with E-state index in [1.165, 1.54) is 6.42 Å². The van der Waals surface area contributed by atoms with Crippen LogP contribution in [0.15, 0.2) is 0 Å². The van der Waals surface area contributed by atoms with Crippen LogP contribution in [0.3, 0.4) is 0 Å². The highest BCUT2D eigenvalue weighted by atomic mass is 79.9. The van der Waals surface area contributed by atoms with Gasteiger partial charge in [-0.1, -0.05) is 15.9 Å². The van der Waals surface area contributed by atoms with E-state index in [1.807, 2.05) is 11.8 Å². The summed E-state index contributed by atoms with van der Waals surface area (Å²) >= 11 is 3.34. The highest BCUT2D eigenvalue weighted by Gasteiger charge is 2.36. The molecule has 2 saturated heterocycles. The Morgan fingerprint density at radius 3 is 2.47 bits per heavy atom. The van der Waals surface area contributed by atoms with Gasteiger partial charge in [0.1, 0.15) is 6.04 Å². The fourth-order valence-corrected chi connectivity index (χ4v) is 3.03. The fourth-order valence-electron chi connectivity index (χ4n) is 2.56. The van der Waals surface area contributed by atoms with Crippen LogP contribution in [0.5, 0.6) is 0 Å². The number of alkyl halides is 1. The molecule has 0 aliphatic carbocycles. The maximum Gasteiger partial charge on any atom is 0.245 e. The Labute approximate surface area is 110 Å². The van der Waals surface area contributed by atoms with Crippen molar-refractivity contribution in [3.05, 3.63) is 0 Å². The maximum absolute atomic E-state index is 12.3. The Bertz CT molecular complexity index is 316. The van der Waals surface area contributed by atoms with Crippen molar-refractivity contribution in [1.29, 1.82) is 0 Å². The van der Waals surface area contributed by atoms with E-state index in [0.29, 0.717) is 6.54 Å². The molecule has 0 saturated carbocycles. The summed E-state index contributed by atoms with van der Waals surface area (Å²) in [6.07, 6.45) is 4.20. The summed E-state index contributed by atoms with van der Waals surface area (Å²) in [4.78, 5) is 27.6. The maximum atomic E-state index is 12.3. The minimum atomic E-state index is -0.303. The quantitative estimate of drug-likeness (QED) is 0.723. The highest BCUT2D eigenvalue weighted by Crippen LogP contribution is 2.22. The summed E-state index contributed by atoms with van der Waals surface area (Å²) in [5.41, 5.74) is 0. The first kappa shape index (κ1) is 12.9. The number of hydrogen-bond acceptors (Lipinski definition) is 2. The molecule has 4 nitrogen and oxygen atoms in total. The van der Waals surface area contributed by atoms with Gasteiger partial charge in [0.05, 0.1) is 4.83 Å². The second-order valence-electron chi connectivity index (χ2n) is 4.85. The minimum Gasteiger partial charge on any atom is -0.341 e. The van der Waals surface area contributed by atoms with E-state index in [4.69, 9.17) is 0 Å². The molecule has 2 heterocycles. The lowest BCUT2D eigenvalue weighted by molar-refractivity contribution is -0.143. The summed E-state index contributed by atoms with van der Waals surface area (Å²) in [6, 6.07) is -0.303. The lowest BCUT2D eigenvalue weighted by Crippen LogP contribution is -2.49. The smallest absolute Gasteiger partial charge is 0.245 e. The highest BCUT2D eigenvalue weighted by molar-refractivity contribution is 9.10. The van der Waals surface area contributed by atoms with Crippen molar-refractivity contribution in [2.75, 3.05) is 19.6 Å². The van der Waals surface area contributed by atoms with Crippen molar-refractivity contribution in [2.24, 2.45) is 0 Å². The minimum absolute atomic E-state index is 0.0582. The SMILES string of the molecule is CC(C(=O)N1CCCCC1)N1CCC(Br)C1=O. The zero-order valence-electron chi connectivity index (χ0n) is 10.2.